The molecular weight excluding hydrogens is 178 g/mol. The summed E-state index contributed by atoms with van der Waals surface area (Å²) in [7, 11) is 2.02. The molecule has 1 aliphatic rings. The van der Waals surface area contributed by atoms with E-state index in [1.54, 1.807) is 14.2 Å². The van der Waals surface area contributed by atoms with Crippen molar-refractivity contribution in [3.63, 3.8) is 0 Å². The normalized spacial score (nSPS) is 17.5. The Morgan fingerprint density at radius 3 is 2.73 bits per heavy atom. The molecule has 1 aliphatic heterocycles. The maximum atomic E-state index is 5.18. The first-order valence-corrected chi connectivity index (χ1v) is 6.33. The Bertz CT molecular complexity index is 150. The van der Waals surface area contributed by atoms with E-state index in [0.29, 0.717) is 0 Å². The maximum Gasteiger partial charge on any atom is 0.327 e. The molecule has 0 amide bonds. The van der Waals surface area contributed by atoms with Gasteiger partial charge in [-0.25, -0.2) is 0 Å². The first kappa shape index (κ1) is 9.25. The molecule has 0 aromatic heterocycles. The van der Waals surface area contributed by atoms with Crippen molar-refractivity contribution in [3.8, 4) is 0 Å². The van der Waals surface area contributed by atoms with E-state index in [-0.39, 0.29) is 0 Å². The minimum Gasteiger partial charge on any atom is -0.400 e. The maximum absolute atomic E-state index is 5.18. The van der Waals surface area contributed by atoms with Crippen LogP contribution >= 0.6 is 11.8 Å². The highest BCUT2D eigenvalue weighted by Crippen LogP contribution is 2.16. The number of nitrogens with zero attached hydrogens (tertiary/aromatic N) is 1. The second kappa shape index (κ2) is 4.92. The molecule has 0 aromatic carbocycles. The molecule has 0 unspecified atom stereocenters. The fourth-order valence-electron chi connectivity index (χ4n) is 0.908. The van der Waals surface area contributed by atoms with Crippen molar-refractivity contribution >= 4 is 26.1 Å². The summed E-state index contributed by atoms with van der Waals surface area (Å²) in [6.07, 6.45) is 0. The highest BCUT2D eigenvalue weighted by molar-refractivity contribution is 8.14. The van der Waals surface area contributed by atoms with Gasteiger partial charge in [0.1, 0.15) is 0 Å². The summed E-state index contributed by atoms with van der Waals surface area (Å²) in [5.74, 6) is 1.13. The van der Waals surface area contributed by atoms with E-state index in [1.165, 1.54) is 5.04 Å². The van der Waals surface area contributed by atoms with Crippen LogP contribution in [-0.2, 0) is 8.85 Å². The van der Waals surface area contributed by atoms with Gasteiger partial charge in [-0.15, -0.1) is 11.8 Å². The van der Waals surface area contributed by atoms with Crippen molar-refractivity contribution in [2.75, 3.05) is 26.5 Å². The Morgan fingerprint density at radius 2 is 2.27 bits per heavy atom. The van der Waals surface area contributed by atoms with Crippen LogP contribution in [-0.4, -0.2) is 40.8 Å². The van der Waals surface area contributed by atoms with E-state index in [4.69, 9.17) is 8.85 Å². The summed E-state index contributed by atoms with van der Waals surface area (Å²) in [6.45, 7) is 0.967. The van der Waals surface area contributed by atoms with Crippen LogP contribution in [0.1, 0.15) is 0 Å². The van der Waals surface area contributed by atoms with Crippen LogP contribution in [0.15, 0.2) is 4.99 Å². The average Bonchev–Trinajstić information content (AvgIpc) is 2.52. The molecule has 0 radical (unpaired) electrons. The molecule has 0 aromatic rings. The lowest BCUT2D eigenvalue weighted by Crippen LogP contribution is -2.21. The fourth-order valence-corrected chi connectivity index (χ4v) is 3.33. The first-order valence-electron chi connectivity index (χ1n) is 3.58. The summed E-state index contributed by atoms with van der Waals surface area (Å²) in [6, 6.07) is 0.928. The number of hydrogen-bond acceptors (Lipinski definition) is 4. The number of hydrogen-bond donors (Lipinski definition) is 0. The van der Waals surface area contributed by atoms with Crippen molar-refractivity contribution < 1.29 is 8.85 Å². The average molecular weight is 191 g/mol. The van der Waals surface area contributed by atoms with Gasteiger partial charge in [0.25, 0.3) is 0 Å². The molecular formula is C6H13NO2SSi. The Balaban J connectivity index is 2.27. The van der Waals surface area contributed by atoms with E-state index >= 15 is 0 Å². The lowest BCUT2D eigenvalue weighted by Gasteiger charge is -2.09. The van der Waals surface area contributed by atoms with Gasteiger partial charge in [-0.05, 0) is 0 Å². The second-order valence-electron chi connectivity index (χ2n) is 2.23. The van der Waals surface area contributed by atoms with Crippen LogP contribution in [0.5, 0.6) is 0 Å². The minimum absolute atomic E-state index is 0.928. The van der Waals surface area contributed by atoms with Crippen molar-refractivity contribution in [1.82, 2.24) is 0 Å². The van der Waals surface area contributed by atoms with Gasteiger partial charge in [0.15, 0.2) is 0 Å². The predicted molar refractivity (Wildman–Crippen MR) is 50.7 cm³/mol. The van der Waals surface area contributed by atoms with Gasteiger partial charge in [-0.2, -0.15) is 0 Å². The molecule has 0 N–H and O–H groups in total. The van der Waals surface area contributed by atoms with Crippen molar-refractivity contribution in [2.45, 2.75) is 6.04 Å². The lowest BCUT2D eigenvalue weighted by molar-refractivity contribution is 0.282. The Morgan fingerprint density at radius 1 is 1.55 bits per heavy atom. The number of aliphatic imine (C=N–C) groups is 1. The standard InChI is InChI=1S/C6H13NO2SSi/c1-8-11(9-2)5-6-7-3-4-10-6/h11H,3-5H2,1-2H3. The van der Waals surface area contributed by atoms with E-state index in [2.05, 4.69) is 4.99 Å². The van der Waals surface area contributed by atoms with Crippen LogP contribution < -0.4 is 0 Å². The molecule has 11 heavy (non-hydrogen) atoms. The minimum atomic E-state index is -1.40. The zero-order chi connectivity index (χ0) is 8.10. The van der Waals surface area contributed by atoms with Gasteiger partial charge < -0.3 is 8.85 Å². The van der Waals surface area contributed by atoms with Gasteiger partial charge in [0, 0.05) is 32.6 Å². The van der Waals surface area contributed by atoms with Gasteiger partial charge >= 0.3 is 9.28 Å². The molecule has 0 fully saturated rings. The molecule has 1 rings (SSSR count). The summed E-state index contributed by atoms with van der Waals surface area (Å²) in [5, 5.41) is 1.21. The smallest absolute Gasteiger partial charge is 0.327 e. The van der Waals surface area contributed by atoms with E-state index in [0.717, 1.165) is 18.3 Å². The third kappa shape index (κ3) is 2.94. The van der Waals surface area contributed by atoms with Crippen molar-refractivity contribution in [1.29, 1.82) is 0 Å². The van der Waals surface area contributed by atoms with E-state index in [1.807, 2.05) is 11.8 Å². The van der Waals surface area contributed by atoms with Crippen LogP contribution in [0.4, 0.5) is 0 Å². The first-order chi connectivity index (χ1) is 5.36. The Hall–Kier alpha value is 0.157. The van der Waals surface area contributed by atoms with Crippen LogP contribution in [0.3, 0.4) is 0 Å². The van der Waals surface area contributed by atoms with Crippen molar-refractivity contribution in [3.05, 3.63) is 0 Å². The zero-order valence-corrected chi connectivity index (χ0v) is 8.84. The molecule has 0 saturated carbocycles. The zero-order valence-electron chi connectivity index (χ0n) is 6.87. The Kier molecular flexibility index (Phi) is 4.14. The van der Waals surface area contributed by atoms with Crippen LogP contribution in [0, 0.1) is 0 Å². The van der Waals surface area contributed by atoms with Gasteiger partial charge in [0.2, 0.25) is 0 Å². The summed E-state index contributed by atoms with van der Waals surface area (Å²) in [4.78, 5) is 4.33. The monoisotopic (exact) mass is 191 g/mol. The Labute approximate surface area is 73.0 Å². The predicted octanol–water partition coefficient (Wildman–Crippen LogP) is 0.645. The van der Waals surface area contributed by atoms with E-state index < -0.39 is 9.28 Å². The van der Waals surface area contributed by atoms with Gasteiger partial charge in [0.05, 0.1) is 5.04 Å². The summed E-state index contributed by atoms with van der Waals surface area (Å²) >= 11 is 1.83. The summed E-state index contributed by atoms with van der Waals surface area (Å²) < 4.78 is 10.4. The molecule has 0 saturated heterocycles. The number of rotatable bonds is 4. The highest BCUT2D eigenvalue weighted by atomic mass is 32.2. The third-order valence-corrected chi connectivity index (χ3v) is 4.60. The van der Waals surface area contributed by atoms with Gasteiger partial charge in [-0.1, -0.05) is 0 Å². The molecule has 0 aliphatic carbocycles. The molecule has 1 heterocycles. The van der Waals surface area contributed by atoms with Crippen LogP contribution in [0.2, 0.25) is 6.04 Å². The molecule has 3 nitrogen and oxygen atoms in total. The molecule has 0 spiro atoms. The third-order valence-electron chi connectivity index (χ3n) is 1.52. The SMILES string of the molecule is CO[SiH](CC1=NCCS1)OC. The molecule has 0 atom stereocenters. The largest absolute Gasteiger partial charge is 0.400 e. The van der Waals surface area contributed by atoms with Gasteiger partial charge in [-0.3, -0.25) is 4.99 Å². The molecule has 5 heteroatoms. The van der Waals surface area contributed by atoms with E-state index in [9.17, 15) is 0 Å². The topological polar surface area (TPSA) is 30.8 Å². The highest BCUT2D eigenvalue weighted by Gasteiger charge is 2.16. The summed E-state index contributed by atoms with van der Waals surface area (Å²) in [5.41, 5.74) is 0. The lowest BCUT2D eigenvalue weighted by atomic mass is 10.7. The second-order valence-corrected chi connectivity index (χ2v) is 5.61. The number of thioether (sulfide) groups is 1. The quantitative estimate of drug-likeness (QED) is 0.611. The van der Waals surface area contributed by atoms with Crippen LogP contribution in [0.25, 0.3) is 0 Å². The molecule has 64 valence electrons. The fraction of sp³-hybridized carbons (Fsp3) is 0.833. The molecule has 0 bridgehead atoms. The van der Waals surface area contributed by atoms with Crippen molar-refractivity contribution in [2.24, 2.45) is 4.99 Å².